The van der Waals surface area contributed by atoms with Crippen LogP contribution < -0.4 is 5.32 Å². The summed E-state index contributed by atoms with van der Waals surface area (Å²) in [6.45, 7) is 4.93. The molecule has 0 fully saturated rings. The predicted molar refractivity (Wildman–Crippen MR) is 329 cm³/mol. The van der Waals surface area contributed by atoms with E-state index < -0.39 is 12.1 Å². The third-order valence-corrected chi connectivity index (χ3v) is 15.7. The highest BCUT2D eigenvalue weighted by molar-refractivity contribution is 5.76. The number of carbonyl (C=O) groups excluding carboxylic acids is 2. The molecule has 3 N–H and O–H groups in total. The van der Waals surface area contributed by atoms with Crippen molar-refractivity contribution in [2.24, 2.45) is 0 Å². The Morgan fingerprint density at radius 1 is 0.373 bits per heavy atom. The van der Waals surface area contributed by atoms with Crippen molar-refractivity contribution in [1.29, 1.82) is 0 Å². The van der Waals surface area contributed by atoms with E-state index in [-0.39, 0.29) is 18.5 Å². The summed E-state index contributed by atoms with van der Waals surface area (Å²) < 4.78 is 5.46. The minimum Gasteiger partial charge on any atom is -0.466 e. The Hall–Kier alpha value is -1.92. The third kappa shape index (κ3) is 61.2. The van der Waals surface area contributed by atoms with Crippen molar-refractivity contribution in [3.05, 3.63) is 36.5 Å². The summed E-state index contributed by atoms with van der Waals surface area (Å²) in [4.78, 5) is 24.5. The number of amides is 1. The molecule has 0 rings (SSSR count). The maximum atomic E-state index is 12.5. The fourth-order valence-corrected chi connectivity index (χ4v) is 10.5. The summed E-state index contributed by atoms with van der Waals surface area (Å²) in [6, 6.07) is -0.539. The first kappa shape index (κ1) is 73.1. The van der Waals surface area contributed by atoms with Crippen LogP contribution in [0.3, 0.4) is 0 Å². The Morgan fingerprint density at radius 3 is 1.07 bits per heavy atom. The Morgan fingerprint density at radius 2 is 0.680 bits per heavy atom. The third-order valence-electron chi connectivity index (χ3n) is 15.7. The Kier molecular flexibility index (Phi) is 63.0. The van der Waals surface area contributed by atoms with E-state index in [1.807, 2.05) is 0 Å². The van der Waals surface area contributed by atoms with E-state index in [4.69, 9.17) is 4.74 Å². The molecular formula is C69H131NO5. The summed E-state index contributed by atoms with van der Waals surface area (Å²) in [6.07, 6.45) is 81.9. The van der Waals surface area contributed by atoms with Gasteiger partial charge in [0, 0.05) is 12.8 Å². The molecule has 0 radical (unpaired) electrons. The number of aliphatic hydroxyl groups excluding tert-OH is 2. The average molecular weight is 1050 g/mol. The fraction of sp³-hybridized carbons (Fsp3) is 0.884. The van der Waals surface area contributed by atoms with Gasteiger partial charge >= 0.3 is 5.97 Å². The summed E-state index contributed by atoms with van der Waals surface area (Å²) in [5, 5.41) is 23.3. The van der Waals surface area contributed by atoms with E-state index in [9.17, 15) is 19.8 Å². The van der Waals surface area contributed by atoms with Crippen molar-refractivity contribution < 1.29 is 24.5 Å². The number of nitrogens with one attached hydrogen (secondary N) is 1. The molecule has 0 saturated carbocycles. The quantitative estimate of drug-likeness (QED) is 0.0320. The molecule has 2 atom stereocenters. The Balaban J connectivity index is 3.38. The molecule has 1 amide bonds. The monoisotopic (exact) mass is 1050 g/mol. The molecule has 0 heterocycles. The van der Waals surface area contributed by atoms with Crippen LogP contribution in [0.5, 0.6) is 0 Å². The Labute approximate surface area is 468 Å². The molecule has 0 spiro atoms. The van der Waals surface area contributed by atoms with Crippen LogP contribution in [0.25, 0.3) is 0 Å². The normalized spacial score (nSPS) is 12.7. The van der Waals surface area contributed by atoms with Crippen molar-refractivity contribution in [1.82, 2.24) is 5.32 Å². The second-order valence-corrected chi connectivity index (χ2v) is 23.1. The second kappa shape index (κ2) is 64.6. The molecule has 0 aliphatic carbocycles. The van der Waals surface area contributed by atoms with Crippen LogP contribution >= 0.6 is 0 Å². The number of hydrogen-bond acceptors (Lipinski definition) is 5. The molecule has 6 heteroatoms. The standard InChI is InChI=1S/C69H131NO5/c1-3-5-7-9-11-13-15-16-38-42-45-49-53-57-61-67(72)66(65-71)70-68(73)62-58-54-50-46-43-39-36-34-32-30-28-26-24-22-20-18-17-19-21-23-25-27-29-31-33-35-37-40-44-48-52-56-60-64-75-69(74)63-59-55-51-47-41-14-12-10-8-6-4-2/h10,12,21,23,27,29,66-67,71-72H,3-9,11,13-20,22,24-26,28,30-65H2,1-2H3,(H,70,73)/b12-10-,23-21-,29-27-. The first-order valence-electron chi connectivity index (χ1n) is 33.7. The van der Waals surface area contributed by atoms with Crippen molar-refractivity contribution in [2.75, 3.05) is 13.2 Å². The van der Waals surface area contributed by atoms with Gasteiger partial charge in [-0.2, -0.15) is 0 Å². The first-order valence-corrected chi connectivity index (χ1v) is 33.7. The highest BCUT2D eigenvalue weighted by Gasteiger charge is 2.20. The van der Waals surface area contributed by atoms with Gasteiger partial charge in [-0.05, 0) is 77.0 Å². The zero-order valence-corrected chi connectivity index (χ0v) is 50.5. The van der Waals surface area contributed by atoms with Crippen LogP contribution in [0.4, 0.5) is 0 Å². The van der Waals surface area contributed by atoms with E-state index >= 15 is 0 Å². The summed E-state index contributed by atoms with van der Waals surface area (Å²) in [7, 11) is 0. The number of rotatable bonds is 63. The van der Waals surface area contributed by atoms with E-state index in [1.54, 1.807) is 0 Å². The second-order valence-electron chi connectivity index (χ2n) is 23.1. The smallest absolute Gasteiger partial charge is 0.305 e. The van der Waals surface area contributed by atoms with E-state index in [1.165, 1.54) is 283 Å². The lowest BCUT2D eigenvalue weighted by molar-refractivity contribution is -0.143. The molecule has 0 aromatic carbocycles. The number of aliphatic hydroxyl groups is 2. The van der Waals surface area contributed by atoms with E-state index in [2.05, 4.69) is 55.6 Å². The van der Waals surface area contributed by atoms with Crippen molar-refractivity contribution >= 4 is 11.9 Å². The van der Waals surface area contributed by atoms with Gasteiger partial charge in [-0.25, -0.2) is 0 Å². The lowest BCUT2D eigenvalue weighted by Gasteiger charge is -2.22. The minimum atomic E-state index is -0.662. The number of hydrogen-bond donors (Lipinski definition) is 3. The van der Waals surface area contributed by atoms with Crippen LogP contribution in [-0.2, 0) is 14.3 Å². The van der Waals surface area contributed by atoms with Gasteiger partial charge in [0.25, 0.3) is 0 Å². The largest absolute Gasteiger partial charge is 0.466 e. The van der Waals surface area contributed by atoms with Gasteiger partial charge in [0.15, 0.2) is 0 Å². The predicted octanol–water partition coefficient (Wildman–Crippen LogP) is 21.5. The summed E-state index contributed by atoms with van der Waals surface area (Å²) >= 11 is 0. The van der Waals surface area contributed by atoms with Gasteiger partial charge in [-0.3, -0.25) is 9.59 Å². The molecule has 0 aromatic heterocycles. The number of unbranched alkanes of at least 4 members (excludes halogenated alkanes) is 46. The average Bonchev–Trinajstić information content (AvgIpc) is 3.41. The molecule has 2 unspecified atom stereocenters. The van der Waals surface area contributed by atoms with Gasteiger partial charge in [0.2, 0.25) is 5.91 Å². The maximum absolute atomic E-state index is 12.5. The molecule has 442 valence electrons. The number of carbonyl (C=O) groups is 2. The number of ether oxygens (including phenoxy) is 1. The molecule has 0 aliphatic heterocycles. The summed E-state index contributed by atoms with van der Waals surface area (Å²) in [5.74, 6) is -0.0281. The zero-order valence-electron chi connectivity index (χ0n) is 50.5. The summed E-state index contributed by atoms with van der Waals surface area (Å²) in [5.41, 5.74) is 0. The topological polar surface area (TPSA) is 95.9 Å². The van der Waals surface area contributed by atoms with Gasteiger partial charge in [-0.15, -0.1) is 0 Å². The SMILES string of the molecule is CCCC/C=C\CCCCCCCC(=O)OCCCCCCCCCCC/C=C\C/C=C\CCCCCCCCCCCCCCCCCCCC(=O)NC(CO)C(O)CCCCCCCCCCCCCCCC. The van der Waals surface area contributed by atoms with Crippen molar-refractivity contribution in [2.45, 2.75) is 379 Å². The maximum Gasteiger partial charge on any atom is 0.305 e. The van der Waals surface area contributed by atoms with Crippen molar-refractivity contribution in [3.8, 4) is 0 Å². The number of allylic oxidation sites excluding steroid dienone is 6. The van der Waals surface area contributed by atoms with Crippen LogP contribution in [-0.4, -0.2) is 47.4 Å². The lowest BCUT2D eigenvalue weighted by Crippen LogP contribution is -2.45. The molecule has 75 heavy (non-hydrogen) atoms. The molecule has 6 nitrogen and oxygen atoms in total. The highest BCUT2D eigenvalue weighted by atomic mass is 16.5. The lowest BCUT2D eigenvalue weighted by atomic mass is 10.0. The first-order chi connectivity index (χ1) is 37.0. The van der Waals surface area contributed by atoms with E-state index in [0.29, 0.717) is 25.9 Å². The van der Waals surface area contributed by atoms with Crippen LogP contribution in [0.1, 0.15) is 367 Å². The molecular weight excluding hydrogens is 923 g/mol. The Bertz CT molecular complexity index is 1210. The minimum absolute atomic E-state index is 0.00311. The van der Waals surface area contributed by atoms with Gasteiger partial charge in [0.1, 0.15) is 0 Å². The molecule has 0 aliphatic rings. The number of esters is 1. The van der Waals surface area contributed by atoms with Gasteiger partial charge < -0.3 is 20.3 Å². The molecule has 0 bridgehead atoms. The van der Waals surface area contributed by atoms with Crippen LogP contribution in [0, 0.1) is 0 Å². The van der Waals surface area contributed by atoms with Crippen molar-refractivity contribution in [3.63, 3.8) is 0 Å². The van der Waals surface area contributed by atoms with E-state index in [0.717, 1.165) is 51.4 Å². The van der Waals surface area contributed by atoms with Crippen LogP contribution in [0.15, 0.2) is 36.5 Å². The zero-order chi connectivity index (χ0) is 54.3. The molecule has 0 saturated heterocycles. The molecule has 0 aromatic rings. The fourth-order valence-electron chi connectivity index (χ4n) is 10.5. The van der Waals surface area contributed by atoms with Gasteiger partial charge in [0.05, 0.1) is 25.4 Å². The highest BCUT2D eigenvalue weighted by Crippen LogP contribution is 2.18. The van der Waals surface area contributed by atoms with Crippen LogP contribution in [0.2, 0.25) is 0 Å². The van der Waals surface area contributed by atoms with Gasteiger partial charge in [-0.1, -0.05) is 314 Å².